The Morgan fingerprint density at radius 3 is 2.56 bits per heavy atom. The number of morpholine rings is 1. The molecule has 1 aliphatic carbocycles. The first-order valence-corrected chi connectivity index (χ1v) is 13.5. The minimum absolute atomic E-state index is 0.409. The van der Waals surface area contributed by atoms with E-state index in [0.717, 1.165) is 74.9 Å². The van der Waals surface area contributed by atoms with Gasteiger partial charge < -0.3 is 20.1 Å². The Morgan fingerprint density at radius 1 is 1.06 bits per heavy atom. The summed E-state index contributed by atoms with van der Waals surface area (Å²) in [7, 11) is 0. The second kappa shape index (κ2) is 11.7. The van der Waals surface area contributed by atoms with Crippen molar-refractivity contribution in [2.45, 2.75) is 50.6 Å². The van der Waals surface area contributed by atoms with E-state index in [4.69, 9.17) is 26.1 Å². The molecule has 0 amide bonds. The van der Waals surface area contributed by atoms with Crippen LogP contribution in [-0.2, 0) is 9.47 Å². The van der Waals surface area contributed by atoms with E-state index < -0.39 is 5.41 Å². The summed E-state index contributed by atoms with van der Waals surface area (Å²) >= 11 is 6.55. The number of hydrogen-bond donors (Lipinski definition) is 2. The maximum Gasteiger partial charge on any atom is 0.126 e. The third-order valence-electron chi connectivity index (χ3n) is 7.79. The molecule has 4 heterocycles. The van der Waals surface area contributed by atoms with Crippen molar-refractivity contribution < 1.29 is 9.47 Å². The number of aromatic nitrogens is 2. The van der Waals surface area contributed by atoms with Crippen LogP contribution in [0.2, 0.25) is 5.02 Å². The maximum absolute atomic E-state index is 9.73. The lowest BCUT2D eigenvalue weighted by Gasteiger charge is -2.39. The molecule has 0 spiro atoms. The number of nitriles is 1. The van der Waals surface area contributed by atoms with E-state index in [0.29, 0.717) is 36.9 Å². The van der Waals surface area contributed by atoms with Gasteiger partial charge in [0.25, 0.3) is 0 Å². The molecule has 36 heavy (non-hydrogen) atoms. The third kappa shape index (κ3) is 6.09. The molecule has 3 fully saturated rings. The van der Waals surface area contributed by atoms with E-state index in [2.05, 4.69) is 26.6 Å². The smallest absolute Gasteiger partial charge is 0.126 e. The Kier molecular flexibility index (Phi) is 8.22. The number of ether oxygens (including phenoxy) is 2. The van der Waals surface area contributed by atoms with Gasteiger partial charge in [0.05, 0.1) is 35.4 Å². The highest BCUT2D eigenvalue weighted by atomic mass is 35.5. The normalized spacial score (nSPS) is 24.6. The Morgan fingerprint density at radius 2 is 1.81 bits per heavy atom. The van der Waals surface area contributed by atoms with Crippen molar-refractivity contribution in [3.8, 4) is 17.3 Å². The minimum atomic E-state index is -0.415. The zero-order valence-electron chi connectivity index (χ0n) is 20.7. The molecule has 2 saturated heterocycles. The molecule has 2 aliphatic heterocycles. The summed E-state index contributed by atoms with van der Waals surface area (Å²) in [5, 5.41) is 17.3. The fourth-order valence-electron chi connectivity index (χ4n) is 5.48. The quantitative estimate of drug-likeness (QED) is 0.558. The van der Waals surface area contributed by atoms with Crippen LogP contribution in [-0.4, -0.2) is 73.0 Å². The second-order valence-corrected chi connectivity index (χ2v) is 10.5. The number of hydrogen-bond acceptors (Lipinski definition) is 8. The van der Waals surface area contributed by atoms with Crippen molar-refractivity contribution in [1.29, 1.82) is 5.26 Å². The van der Waals surface area contributed by atoms with Crippen molar-refractivity contribution in [3.05, 3.63) is 35.5 Å². The summed E-state index contributed by atoms with van der Waals surface area (Å²) in [6.07, 6.45) is 7.82. The molecule has 2 aromatic heterocycles. The molecule has 0 atom stereocenters. The number of pyridine rings is 2. The topological polar surface area (TPSA) is 95.3 Å². The van der Waals surface area contributed by atoms with Gasteiger partial charge in [-0.2, -0.15) is 5.26 Å². The molecule has 2 aromatic rings. The molecule has 0 bridgehead atoms. The molecular formula is C27H35ClN6O2. The first kappa shape index (κ1) is 25.2. The number of anilines is 2. The molecule has 0 unspecified atom stereocenters. The van der Waals surface area contributed by atoms with Gasteiger partial charge in [-0.15, -0.1) is 0 Å². The Balaban J connectivity index is 1.21. The average Bonchev–Trinajstić information content (AvgIpc) is 2.94. The number of rotatable bonds is 7. The molecule has 3 aliphatic rings. The zero-order chi connectivity index (χ0) is 24.8. The standard InChI is InChI=1S/C27H35ClN6O2/c28-23-17-30-26(32-20-4-6-21(7-5-20)34-10-14-36-15-11-34)16-22(23)24-2-1-3-25(33-24)31-19-27(18-29)8-12-35-13-9-27/h1-3,16-17,20-21H,4-15,19H2,(H,30,32)(H,31,33)/t20-,21-. The summed E-state index contributed by atoms with van der Waals surface area (Å²) in [5.41, 5.74) is 1.22. The Bertz CT molecular complexity index is 1060. The summed E-state index contributed by atoms with van der Waals surface area (Å²) in [6, 6.07) is 11.4. The van der Waals surface area contributed by atoms with E-state index in [1.165, 1.54) is 12.8 Å². The van der Waals surface area contributed by atoms with Gasteiger partial charge in [-0.3, -0.25) is 4.90 Å². The Hall–Kier alpha value is -2.44. The molecular weight excluding hydrogens is 476 g/mol. The highest BCUT2D eigenvalue weighted by molar-refractivity contribution is 6.33. The first-order chi connectivity index (χ1) is 17.6. The van der Waals surface area contributed by atoms with Crippen LogP contribution < -0.4 is 10.6 Å². The molecule has 2 N–H and O–H groups in total. The van der Waals surface area contributed by atoms with Gasteiger partial charge >= 0.3 is 0 Å². The monoisotopic (exact) mass is 510 g/mol. The number of nitrogens with one attached hydrogen (secondary N) is 2. The molecule has 0 radical (unpaired) electrons. The fraction of sp³-hybridized carbons (Fsp3) is 0.593. The molecule has 1 saturated carbocycles. The molecule has 0 aromatic carbocycles. The van der Waals surface area contributed by atoms with Crippen LogP contribution in [0.3, 0.4) is 0 Å². The lowest BCUT2D eigenvalue weighted by molar-refractivity contribution is 0.00790. The van der Waals surface area contributed by atoms with Crippen LogP contribution in [0, 0.1) is 16.7 Å². The van der Waals surface area contributed by atoms with Crippen molar-refractivity contribution in [2.75, 3.05) is 56.7 Å². The number of halogens is 1. The van der Waals surface area contributed by atoms with Gasteiger partial charge in [-0.25, -0.2) is 9.97 Å². The minimum Gasteiger partial charge on any atom is -0.381 e. The van der Waals surface area contributed by atoms with Crippen LogP contribution in [0.1, 0.15) is 38.5 Å². The van der Waals surface area contributed by atoms with Gasteiger partial charge in [-0.1, -0.05) is 17.7 Å². The van der Waals surface area contributed by atoms with Gasteiger partial charge in [0.2, 0.25) is 0 Å². The van der Waals surface area contributed by atoms with Crippen LogP contribution in [0.15, 0.2) is 30.5 Å². The predicted octanol–water partition coefficient (Wildman–Crippen LogP) is 4.58. The zero-order valence-corrected chi connectivity index (χ0v) is 21.5. The van der Waals surface area contributed by atoms with Crippen molar-refractivity contribution in [1.82, 2.24) is 14.9 Å². The summed E-state index contributed by atoms with van der Waals surface area (Å²) in [6.45, 7) is 5.62. The lowest BCUT2D eigenvalue weighted by atomic mass is 9.82. The maximum atomic E-state index is 9.73. The van der Waals surface area contributed by atoms with Gasteiger partial charge in [0, 0.05) is 56.7 Å². The summed E-state index contributed by atoms with van der Waals surface area (Å²) < 4.78 is 10.9. The highest BCUT2D eigenvalue weighted by Gasteiger charge is 2.32. The fourth-order valence-corrected chi connectivity index (χ4v) is 5.68. The van der Waals surface area contributed by atoms with Crippen molar-refractivity contribution in [3.63, 3.8) is 0 Å². The Labute approximate surface area is 218 Å². The summed E-state index contributed by atoms with van der Waals surface area (Å²) in [5.74, 6) is 1.56. The van der Waals surface area contributed by atoms with Gasteiger partial charge in [0.1, 0.15) is 11.6 Å². The summed E-state index contributed by atoms with van der Waals surface area (Å²) in [4.78, 5) is 11.9. The highest BCUT2D eigenvalue weighted by Crippen LogP contribution is 2.32. The van der Waals surface area contributed by atoms with E-state index in [1.807, 2.05) is 24.3 Å². The lowest BCUT2D eigenvalue weighted by Crippen LogP contribution is -2.46. The molecule has 9 heteroatoms. The molecule has 5 rings (SSSR count). The second-order valence-electron chi connectivity index (χ2n) is 10.1. The first-order valence-electron chi connectivity index (χ1n) is 13.1. The van der Waals surface area contributed by atoms with Gasteiger partial charge in [0.15, 0.2) is 0 Å². The van der Waals surface area contributed by atoms with Crippen molar-refractivity contribution >= 4 is 23.2 Å². The number of nitrogens with zero attached hydrogens (tertiary/aromatic N) is 4. The molecule has 8 nitrogen and oxygen atoms in total. The molecule has 192 valence electrons. The van der Waals surface area contributed by atoms with Crippen LogP contribution in [0.25, 0.3) is 11.3 Å². The van der Waals surface area contributed by atoms with Crippen LogP contribution >= 0.6 is 11.6 Å². The van der Waals surface area contributed by atoms with Crippen LogP contribution in [0.5, 0.6) is 0 Å². The largest absolute Gasteiger partial charge is 0.381 e. The SMILES string of the molecule is N#CC1(CNc2cccc(-c3cc(N[C@H]4CC[C@H](N5CCOCC5)CC4)ncc3Cl)n2)CCOCC1. The third-order valence-corrected chi connectivity index (χ3v) is 8.09. The van der Waals surface area contributed by atoms with Gasteiger partial charge in [-0.05, 0) is 56.7 Å². The van der Waals surface area contributed by atoms with Crippen molar-refractivity contribution in [2.24, 2.45) is 5.41 Å². The van der Waals surface area contributed by atoms with E-state index in [9.17, 15) is 5.26 Å². The van der Waals surface area contributed by atoms with E-state index >= 15 is 0 Å². The van der Waals surface area contributed by atoms with E-state index in [1.54, 1.807) is 6.20 Å². The average molecular weight is 511 g/mol. The van der Waals surface area contributed by atoms with Crippen LogP contribution in [0.4, 0.5) is 11.6 Å². The predicted molar refractivity (Wildman–Crippen MR) is 141 cm³/mol. The van der Waals surface area contributed by atoms with E-state index in [-0.39, 0.29) is 0 Å².